The molecule has 0 amide bonds. The van der Waals surface area contributed by atoms with Crippen LogP contribution in [0.15, 0.2) is 18.5 Å². The SMILES string of the molecule is Cc1ccncc1CN1CC(C2CC2)NCC1C. The first-order valence-corrected chi connectivity index (χ1v) is 7.11. The van der Waals surface area contributed by atoms with Crippen LogP contribution in [0.25, 0.3) is 0 Å². The van der Waals surface area contributed by atoms with Gasteiger partial charge in [0.1, 0.15) is 0 Å². The molecule has 1 aromatic rings. The number of piperazine rings is 1. The van der Waals surface area contributed by atoms with Crippen LogP contribution in [-0.2, 0) is 6.54 Å². The first kappa shape index (κ1) is 12.1. The van der Waals surface area contributed by atoms with Crippen LogP contribution < -0.4 is 5.32 Å². The Balaban J connectivity index is 1.68. The summed E-state index contributed by atoms with van der Waals surface area (Å²) in [7, 11) is 0. The predicted octanol–water partition coefficient (Wildman–Crippen LogP) is 1.96. The monoisotopic (exact) mass is 245 g/mol. The molecule has 2 heterocycles. The molecule has 1 N–H and O–H groups in total. The van der Waals surface area contributed by atoms with E-state index in [0.29, 0.717) is 6.04 Å². The van der Waals surface area contributed by atoms with Gasteiger partial charge < -0.3 is 5.32 Å². The maximum atomic E-state index is 4.26. The van der Waals surface area contributed by atoms with Crippen molar-refractivity contribution in [1.29, 1.82) is 0 Å². The molecular formula is C15H23N3. The van der Waals surface area contributed by atoms with Crippen molar-refractivity contribution in [2.24, 2.45) is 5.92 Å². The zero-order valence-electron chi connectivity index (χ0n) is 11.4. The fraction of sp³-hybridized carbons (Fsp3) is 0.667. The van der Waals surface area contributed by atoms with Crippen molar-refractivity contribution in [1.82, 2.24) is 15.2 Å². The standard InChI is InChI=1S/C15H23N3/c1-11-5-6-16-8-14(11)9-18-10-15(13-3-4-13)17-7-12(18)2/h5-6,8,12-13,15,17H,3-4,7,9-10H2,1-2H3. The van der Waals surface area contributed by atoms with Gasteiger partial charge in [-0.25, -0.2) is 0 Å². The highest BCUT2D eigenvalue weighted by atomic mass is 15.2. The van der Waals surface area contributed by atoms with Gasteiger partial charge in [0.25, 0.3) is 0 Å². The minimum absolute atomic E-state index is 0.625. The first-order valence-electron chi connectivity index (χ1n) is 7.11. The summed E-state index contributed by atoms with van der Waals surface area (Å²) < 4.78 is 0. The molecule has 18 heavy (non-hydrogen) atoms. The van der Waals surface area contributed by atoms with Gasteiger partial charge >= 0.3 is 0 Å². The van der Waals surface area contributed by atoms with Crippen molar-refractivity contribution in [3.8, 4) is 0 Å². The number of aryl methyl sites for hydroxylation is 1. The van der Waals surface area contributed by atoms with E-state index in [1.165, 1.54) is 30.5 Å². The molecule has 1 aliphatic carbocycles. The normalized spacial score (nSPS) is 29.4. The maximum absolute atomic E-state index is 4.26. The summed E-state index contributed by atoms with van der Waals surface area (Å²) in [5, 5.41) is 3.70. The molecule has 3 heteroatoms. The van der Waals surface area contributed by atoms with Gasteiger partial charge in [0.15, 0.2) is 0 Å². The molecule has 3 nitrogen and oxygen atoms in total. The van der Waals surface area contributed by atoms with Crippen molar-refractivity contribution in [2.75, 3.05) is 13.1 Å². The fourth-order valence-electron chi connectivity index (χ4n) is 2.86. The molecule has 0 spiro atoms. The highest BCUT2D eigenvalue weighted by Gasteiger charge is 2.35. The number of nitrogens with zero attached hydrogens (tertiary/aromatic N) is 2. The smallest absolute Gasteiger partial charge is 0.0315 e. The average molecular weight is 245 g/mol. The van der Waals surface area contributed by atoms with Gasteiger partial charge in [-0.2, -0.15) is 0 Å². The largest absolute Gasteiger partial charge is 0.311 e. The third kappa shape index (κ3) is 2.57. The Bertz CT molecular complexity index is 414. The Morgan fingerprint density at radius 2 is 2.28 bits per heavy atom. The molecule has 0 radical (unpaired) electrons. The molecular weight excluding hydrogens is 222 g/mol. The van der Waals surface area contributed by atoms with Crippen molar-refractivity contribution in [3.63, 3.8) is 0 Å². The summed E-state index contributed by atoms with van der Waals surface area (Å²) in [5.74, 6) is 0.940. The van der Waals surface area contributed by atoms with Crippen molar-refractivity contribution in [3.05, 3.63) is 29.6 Å². The van der Waals surface area contributed by atoms with E-state index in [2.05, 4.69) is 35.1 Å². The topological polar surface area (TPSA) is 28.2 Å². The second-order valence-corrected chi connectivity index (χ2v) is 5.93. The maximum Gasteiger partial charge on any atom is 0.0315 e. The third-order valence-electron chi connectivity index (χ3n) is 4.44. The van der Waals surface area contributed by atoms with E-state index in [0.717, 1.165) is 25.0 Å². The second kappa shape index (κ2) is 4.98. The number of hydrogen-bond acceptors (Lipinski definition) is 3. The molecule has 98 valence electrons. The van der Waals surface area contributed by atoms with Gasteiger partial charge in [-0.3, -0.25) is 9.88 Å². The van der Waals surface area contributed by atoms with E-state index >= 15 is 0 Å². The van der Waals surface area contributed by atoms with Crippen LogP contribution in [0.1, 0.15) is 30.9 Å². The molecule has 1 saturated carbocycles. The fourth-order valence-corrected chi connectivity index (χ4v) is 2.86. The molecule has 2 unspecified atom stereocenters. The predicted molar refractivity (Wildman–Crippen MR) is 73.4 cm³/mol. The summed E-state index contributed by atoms with van der Waals surface area (Å²) in [6, 6.07) is 3.46. The lowest BCUT2D eigenvalue weighted by molar-refractivity contribution is 0.125. The number of rotatable bonds is 3. The van der Waals surface area contributed by atoms with Gasteiger partial charge in [-0.15, -0.1) is 0 Å². The van der Waals surface area contributed by atoms with Crippen molar-refractivity contribution >= 4 is 0 Å². The Morgan fingerprint density at radius 3 is 3.00 bits per heavy atom. The zero-order valence-corrected chi connectivity index (χ0v) is 11.4. The lowest BCUT2D eigenvalue weighted by Gasteiger charge is -2.39. The third-order valence-corrected chi connectivity index (χ3v) is 4.44. The highest BCUT2D eigenvalue weighted by molar-refractivity contribution is 5.21. The molecule has 2 atom stereocenters. The molecule has 3 rings (SSSR count). The summed E-state index contributed by atoms with van der Waals surface area (Å²) in [6.45, 7) is 7.87. The van der Waals surface area contributed by atoms with Crippen LogP contribution in [0.2, 0.25) is 0 Å². The lowest BCUT2D eigenvalue weighted by atomic mass is 10.0. The van der Waals surface area contributed by atoms with Crippen LogP contribution in [0.5, 0.6) is 0 Å². The Labute approximate surface area is 110 Å². The van der Waals surface area contributed by atoms with Crippen LogP contribution in [0.4, 0.5) is 0 Å². The molecule has 2 fully saturated rings. The van der Waals surface area contributed by atoms with Gasteiger partial charge in [0.05, 0.1) is 0 Å². The number of pyridine rings is 1. The first-order chi connectivity index (χ1) is 8.74. The van der Waals surface area contributed by atoms with Gasteiger partial charge in [0, 0.05) is 44.1 Å². The second-order valence-electron chi connectivity index (χ2n) is 5.93. The lowest BCUT2D eigenvalue weighted by Crippen LogP contribution is -2.55. The minimum Gasteiger partial charge on any atom is -0.311 e. The van der Waals surface area contributed by atoms with E-state index in [-0.39, 0.29) is 0 Å². The minimum atomic E-state index is 0.625. The van der Waals surface area contributed by atoms with Crippen LogP contribution in [0.3, 0.4) is 0 Å². The van der Waals surface area contributed by atoms with E-state index < -0.39 is 0 Å². The molecule has 1 aliphatic heterocycles. The Hall–Kier alpha value is -0.930. The molecule has 1 aromatic heterocycles. The molecule has 0 aromatic carbocycles. The van der Waals surface area contributed by atoms with E-state index in [1.807, 2.05) is 12.4 Å². The Kier molecular flexibility index (Phi) is 3.35. The van der Waals surface area contributed by atoms with Crippen LogP contribution in [0, 0.1) is 12.8 Å². The van der Waals surface area contributed by atoms with Crippen molar-refractivity contribution < 1.29 is 0 Å². The van der Waals surface area contributed by atoms with E-state index in [4.69, 9.17) is 0 Å². The van der Waals surface area contributed by atoms with Crippen LogP contribution >= 0.6 is 0 Å². The van der Waals surface area contributed by atoms with Crippen LogP contribution in [-0.4, -0.2) is 35.1 Å². The zero-order chi connectivity index (χ0) is 12.5. The van der Waals surface area contributed by atoms with E-state index in [1.54, 1.807) is 0 Å². The summed E-state index contributed by atoms with van der Waals surface area (Å²) >= 11 is 0. The molecule has 0 bridgehead atoms. The van der Waals surface area contributed by atoms with Gasteiger partial charge in [-0.05, 0) is 49.8 Å². The summed E-state index contributed by atoms with van der Waals surface area (Å²) in [5.41, 5.74) is 2.74. The quantitative estimate of drug-likeness (QED) is 0.882. The Morgan fingerprint density at radius 1 is 1.44 bits per heavy atom. The number of nitrogens with one attached hydrogen (secondary N) is 1. The van der Waals surface area contributed by atoms with Gasteiger partial charge in [0.2, 0.25) is 0 Å². The average Bonchev–Trinajstić information content (AvgIpc) is 3.19. The van der Waals surface area contributed by atoms with E-state index in [9.17, 15) is 0 Å². The number of aromatic nitrogens is 1. The summed E-state index contributed by atoms with van der Waals surface area (Å²) in [6.07, 6.45) is 6.75. The molecule has 2 aliphatic rings. The number of hydrogen-bond donors (Lipinski definition) is 1. The summed E-state index contributed by atoms with van der Waals surface area (Å²) in [4.78, 5) is 6.87. The highest BCUT2D eigenvalue weighted by Crippen LogP contribution is 2.34. The molecule has 1 saturated heterocycles. The van der Waals surface area contributed by atoms with Crippen molar-refractivity contribution in [2.45, 2.75) is 45.3 Å². The van der Waals surface area contributed by atoms with Gasteiger partial charge in [-0.1, -0.05) is 0 Å².